The molecule has 0 unspecified atom stereocenters. The lowest BCUT2D eigenvalue weighted by Gasteiger charge is -2.18. The first-order chi connectivity index (χ1) is 10.5. The number of methoxy groups -OCH3 is 1. The molecule has 0 aliphatic heterocycles. The lowest BCUT2D eigenvalue weighted by atomic mass is 9.86. The normalized spacial score (nSPS) is 20.0. The fourth-order valence-electron chi connectivity index (χ4n) is 3.06. The van der Waals surface area contributed by atoms with Crippen molar-refractivity contribution >= 4 is 34.7 Å². The Labute approximate surface area is 139 Å². The van der Waals surface area contributed by atoms with Gasteiger partial charge < -0.3 is 4.74 Å². The number of hydrogen-bond donors (Lipinski definition) is 0. The first kappa shape index (κ1) is 15.1. The zero-order valence-corrected chi connectivity index (χ0v) is 13.7. The molecule has 22 heavy (non-hydrogen) atoms. The summed E-state index contributed by atoms with van der Waals surface area (Å²) in [7, 11) is 1.40. The van der Waals surface area contributed by atoms with Crippen molar-refractivity contribution in [3.63, 3.8) is 0 Å². The smallest absolute Gasteiger partial charge is 0.325 e. The molecule has 0 spiro atoms. The van der Waals surface area contributed by atoms with Gasteiger partial charge in [0.2, 0.25) is 0 Å². The highest BCUT2D eigenvalue weighted by Gasteiger charge is 2.59. The lowest BCUT2D eigenvalue weighted by molar-refractivity contribution is -0.142. The van der Waals surface area contributed by atoms with Gasteiger partial charge in [0, 0.05) is 0 Å². The summed E-state index contributed by atoms with van der Waals surface area (Å²) in [5.74, 6) is -0.303. The Morgan fingerprint density at radius 3 is 2.32 bits per heavy atom. The van der Waals surface area contributed by atoms with E-state index in [0.29, 0.717) is 10.0 Å². The fraction of sp³-hybridized carbons (Fsp3) is 0.167. The number of halogens is 2. The van der Waals surface area contributed by atoms with Crippen LogP contribution in [0.5, 0.6) is 0 Å². The predicted molar refractivity (Wildman–Crippen MR) is 89.2 cm³/mol. The van der Waals surface area contributed by atoms with Crippen molar-refractivity contribution < 1.29 is 9.53 Å². The van der Waals surface area contributed by atoms with Crippen LogP contribution < -0.4 is 0 Å². The van der Waals surface area contributed by atoms with Crippen molar-refractivity contribution in [3.05, 3.63) is 75.3 Å². The van der Waals surface area contributed by atoms with Gasteiger partial charge in [-0.15, -0.1) is 0 Å². The number of ether oxygens (including phenoxy) is 1. The van der Waals surface area contributed by atoms with Crippen LogP contribution in [0.25, 0.3) is 5.57 Å². The van der Waals surface area contributed by atoms with E-state index in [1.54, 1.807) is 12.1 Å². The maximum Gasteiger partial charge on any atom is 0.325 e. The Morgan fingerprint density at radius 2 is 1.73 bits per heavy atom. The number of carbonyl (C=O) groups excluding carboxylic acids is 1. The largest absolute Gasteiger partial charge is 0.468 e. The fourth-order valence-corrected chi connectivity index (χ4v) is 3.36. The van der Waals surface area contributed by atoms with E-state index in [2.05, 4.69) is 0 Å². The zero-order chi connectivity index (χ0) is 15.9. The Hall–Kier alpha value is -1.77. The van der Waals surface area contributed by atoms with Crippen molar-refractivity contribution in [2.45, 2.75) is 12.3 Å². The van der Waals surface area contributed by atoms with E-state index in [0.717, 1.165) is 22.3 Å². The number of carbonyl (C=O) groups is 1. The van der Waals surface area contributed by atoms with E-state index in [-0.39, 0.29) is 5.97 Å². The molecule has 0 heterocycles. The quantitative estimate of drug-likeness (QED) is 0.748. The maximum atomic E-state index is 12.5. The molecule has 1 aliphatic rings. The summed E-state index contributed by atoms with van der Waals surface area (Å²) < 4.78 is 5.07. The molecule has 1 atom stereocenters. The van der Waals surface area contributed by atoms with Crippen molar-refractivity contribution in [3.8, 4) is 0 Å². The van der Waals surface area contributed by atoms with Crippen LogP contribution in [0.15, 0.2) is 54.1 Å². The molecule has 3 rings (SSSR count). The van der Waals surface area contributed by atoms with Gasteiger partial charge in [-0.3, -0.25) is 4.79 Å². The van der Waals surface area contributed by atoms with Crippen LogP contribution in [-0.4, -0.2) is 13.1 Å². The second-order valence-electron chi connectivity index (χ2n) is 5.24. The summed E-state index contributed by atoms with van der Waals surface area (Å²) in [5, 5.41) is 0.888. The topological polar surface area (TPSA) is 26.3 Å². The third-order valence-electron chi connectivity index (χ3n) is 4.16. The average Bonchev–Trinajstić information content (AvgIpc) is 3.16. The van der Waals surface area contributed by atoms with Gasteiger partial charge in [0.05, 0.1) is 17.2 Å². The minimum atomic E-state index is -0.857. The van der Waals surface area contributed by atoms with Gasteiger partial charge in [0.1, 0.15) is 5.41 Å². The standard InChI is InChI=1S/C18H14Cl2O2/c1-11-16(12-6-4-3-5-7-12)18(11,17(21)22-2)13-8-9-14(19)15(20)10-13/h3-10H,1-2H3/t18-/m1/s1. The van der Waals surface area contributed by atoms with Gasteiger partial charge >= 0.3 is 5.97 Å². The maximum absolute atomic E-state index is 12.5. The Morgan fingerprint density at radius 1 is 1.05 bits per heavy atom. The molecule has 2 aromatic carbocycles. The molecule has 0 aromatic heterocycles. The second-order valence-corrected chi connectivity index (χ2v) is 6.05. The van der Waals surface area contributed by atoms with E-state index in [4.69, 9.17) is 27.9 Å². The molecule has 1 aliphatic carbocycles. The van der Waals surface area contributed by atoms with Gasteiger partial charge in [-0.05, 0) is 41.3 Å². The van der Waals surface area contributed by atoms with Crippen molar-refractivity contribution in [1.29, 1.82) is 0 Å². The van der Waals surface area contributed by atoms with Gasteiger partial charge in [-0.2, -0.15) is 0 Å². The van der Waals surface area contributed by atoms with Crippen molar-refractivity contribution in [2.24, 2.45) is 0 Å². The van der Waals surface area contributed by atoms with Crippen molar-refractivity contribution in [2.75, 3.05) is 7.11 Å². The van der Waals surface area contributed by atoms with Gasteiger partial charge in [0.25, 0.3) is 0 Å². The summed E-state index contributed by atoms with van der Waals surface area (Å²) in [4.78, 5) is 12.5. The van der Waals surface area contributed by atoms with Crippen LogP contribution in [0.2, 0.25) is 10.0 Å². The van der Waals surface area contributed by atoms with Crippen LogP contribution in [0.1, 0.15) is 18.1 Å². The van der Waals surface area contributed by atoms with Crippen LogP contribution in [0.3, 0.4) is 0 Å². The summed E-state index contributed by atoms with van der Waals surface area (Å²) in [5.41, 5.74) is 2.88. The molecule has 0 bridgehead atoms. The van der Waals surface area contributed by atoms with Crippen LogP contribution in [0, 0.1) is 0 Å². The molecule has 112 valence electrons. The molecule has 2 nitrogen and oxygen atoms in total. The summed E-state index contributed by atoms with van der Waals surface area (Å²) in [6.07, 6.45) is 0. The molecule has 0 N–H and O–H groups in total. The number of benzene rings is 2. The first-order valence-electron chi connectivity index (χ1n) is 6.84. The van der Waals surface area contributed by atoms with Gasteiger partial charge in [-0.1, -0.05) is 59.6 Å². The molecular weight excluding hydrogens is 319 g/mol. The zero-order valence-electron chi connectivity index (χ0n) is 12.2. The van der Waals surface area contributed by atoms with Crippen LogP contribution >= 0.6 is 23.2 Å². The van der Waals surface area contributed by atoms with E-state index in [1.165, 1.54) is 7.11 Å². The summed E-state index contributed by atoms with van der Waals surface area (Å²) >= 11 is 12.1. The molecule has 0 amide bonds. The average molecular weight is 333 g/mol. The molecule has 4 heteroatoms. The number of esters is 1. The van der Waals surface area contributed by atoms with E-state index in [1.807, 2.05) is 43.3 Å². The number of hydrogen-bond acceptors (Lipinski definition) is 2. The molecule has 0 radical (unpaired) electrons. The number of rotatable bonds is 3. The van der Waals surface area contributed by atoms with Gasteiger partial charge in [0.15, 0.2) is 0 Å². The van der Waals surface area contributed by atoms with E-state index < -0.39 is 5.41 Å². The lowest BCUT2D eigenvalue weighted by Crippen LogP contribution is -2.27. The van der Waals surface area contributed by atoms with Crippen LogP contribution in [-0.2, 0) is 14.9 Å². The molecule has 0 saturated heterocycles. The SMILES string of the molecule is COC(=O)[C@@]1(c2ccc(Cl)c(Cl)c2)C(C)=C1c1ccccc1. The minimum Gasteiger partial charge on any atom is -0.468 e. The molecule has 0 saturated carbocycles. The third kappa shape index (κ3) is 2.06. The van der Waals surface area contributed by atoms with E-state index >= 15 is 0 Å². The highest BCUT2D eigenvalue weighted by atomic mass is 35.5. The minimum absolute atomic E-state index is 0.303. The molecule has 2 aromatic rings. The van der Waals surface area contributed by atoms with E-state index in [9.17, 15) is 4.79 Å². The monoisotopic (exact) mass is 332 g/mol. The summed E-state index contributed by atoms with van der Waals surface area (Å²) in [6, 6.07) is 15.1. The summed E-state index contributed by atoms with van der Waals surface area (Å²) in [6.45, 7) is 1.95. The Bertz CT molecular complexity index is 781. The van der Waals surface area contributed by atoms with Gasteiger partial charge in [-0.25, -0.2) is 0 Å². The molecular formula is C18H14Cl2O2. The Balaban J connectivity index is 2.14. The second kappa shape index (κ2) is 5.45. The molecule has 0 fully saturated rings. The first-order valence-corrected chi connectivity index (χ1v) is 7.60. The predicted octanol–water partition coefficient (Wildman–Crippen LogP) is 4.89. The Kier molecular flexibility index (Phi) is 3.75. The van der Waals surface area contributed by atoms with Crippen molar-refractivity contribution in [1.82, 2.24) is 0 Å². The highest BCUT2D eigenvalue weighted by Crippen LogP contribution is 2.60. The highest BCUT2D eigenvalue weighted by molar-refractivity contribution is 6.42. The van der Waals surface area contributed by atoms with Crippen LogP contribution in [0.4, 0.5) is 0 Å². The third-order valence-corrected chi connectivity index (χ3v) is 4.90.